The molecule has 0 aromatic heterocycles. The maximum absolute atomic E-state index is 13.7. The largest absolute Gasteiger partial charge is 0.461 e. The summed E-state index contributed by atoms with van der Waals surface area (Å²) in [6, 6.07) is 13.4. The van der Waals surface area contributed by atoms with E-state index >= 15 is 0 Å². The van der Waals surface area contributed by atoms with Crippen molar-refractivity contribution in [1.82, 2.24) is 0 Å². The van der Waals surface area contributed by atoms with Crippen molar-refractivity contribution in [1.29, 1.82) is 0 Å². The highest BCUT2D eigenvalue weighted by Crippen LogP contribution is 2.33. The normalized spacial score (nSPS) is 20.8. The molecule has 7 heteroatoms. The summed E-state index contributed by atoms with van der Waals surface area (Å²) >= 11 is 5.68. The predicted octanol–water partition coefficient (Wildman–Crippen LogP) is 4.28. The number of hydrogen-bond donors (Lipinski definition) is 1. The summed E-state index contributed by atoms with van der Waals surface area (Å²) < 4.78 is 24.4. The summed E-state index contributed by atoms with van der Waals surface area (Å²) in [6.07, 6.45) is 2.05. The first-order chi connectivity index (χ1) is 14.4. The molecule has 2 unspecified atom stereocenters. The van der Waals surface area contributed by atoms with E-state index in [1.54, 1.807) is 6.07 Å². The number of carbonyl (C=O) groups is 2. The van der Waals surface area contributed by atoms with Crippen LogP contribution in [0.25, 0.3) is 6.08 Å². The summed E-state index contributed by atoms with van der Waals surface area (Å²) in [5.41, 5.74) is 0.150. The second-order valence-electron chi connectivity index (χ2n) is 7.23. The van der Waals surface area contributed by atoms with Gasteiger partial charge in [0.2, 0.25) is 0 Å². The van der Waals surface area contributed by atoms with Gasteiger partial charge in [-0.1, -0.05) is 54.9 Å². The van der Waals surface area contributed by atoms with Crippen molar-refractivity contribution in [2.75, 3.05) is 13.2 Å². The molecule has 0 amide bonds. The zero-order valence-electron chi connectivity index (χ0n) is 16.4. The summed E-state index contributed by atoms with van der Waals surface area (Å²) in [5, 5.41) is 9.83. The molecule has 5 nitrogen and oxygen atoms in total. The number of hydrogen-bond acceptors (Lipinski definition) is 5. The number of benzene rings is 2. The van der Waals surface area contributed by atoms with Gasteiger partial charge in [0.15, 0.2) is 5.60 Å². The van der Waals surface area contributed by atoms with Gasteiger partial charge in [-0.2, -0.15) is 0 Å². The molecule has 1 N–H and O–H groups in total. The van der Waals surface area contributed by atoms with E-state index in [1.165, 1.54) is 18.2 Å². The number of rotatable bonds is 7. The van der Waals surface area contributed by atoms with Crippen LogP contribution in [-0.4, -0.2) is 35.9 Å². The third-order valence-corrected chi connectivity index (χ3v) is 5.34. The number of aliphatic hydroxyl groups is 1. The van der Waals surface area contributed by atoms with Gasteiger partial charge in [0, 0.05) is 12.0 Å². The van der Waals surface area contributed by atoms with Crippen LogP contribution in [0.3, 0.4) is 0 Å². The molecule has 1 aliphatic heterocycles. The molecule has 0 aliphatic carbocycles. The SMILES string of the molecule is CCC(C(=O)OCC1(CO)C/C(=C\c2ccc(Cl)c(F)c2)C(=O)O1)c1ccccc1. The van der Waals surface area contributed by atoms with Gasteiger partial charge < -0.3 is 14.6 Å². The number of halogens is 2. The van der Waals surface area contributed by atoms with Crippen molar-refractivity contribution in [2.45, 2.75) is 31.3 Å². The Balaban J connectivity index is 1.71. The molecule has 2 atom stereocenters. The Bertz CT molecular complexity index is 959. The van der Waals surface area contributed by atoms with Gasteiger partial charge in [-0.15, -0.1) is 0 Å². The van der Waals surface area contributed by atoms with Crippen LogP contribution in [0.5, 0.6) is 0 Å². The van der Waals surface area contributed by atoms with E-state index in [0.717, 1.165) is 5.56 Å². The molecule has 1 heterocycles. The van der Waals surface area contributed by atoms with Crippen LogP contribution < -0.4 is 0 Å². The Morgan fingerprint density at radius 3 is 2.70 bits per heavy atom. The topological polar surface area (TPSA) is 72.8 Å². The lowest BCUT2D eigenvalue weighted by Crippen LogP contribution is -2.39. The van der Waals surface area contributed by atoms with E-state index in [-0.39, 0.29) is 23.6 Å². The minimum atomic E-state index is -1.36. The average molecular weight is 433 g/mol. The first kappa shape index (κ1) is 22.0. The van der Waals surface area contributed by atoms with Crippen molar-refractivity contribution in [2.24, 2.45) is 0 Å². The van der Waals surface area contributed by atoms with E-state index in [0.29, 0.717) is 12.0 Å². The summed E-state index contributed by atoms with van der Waals surface area (Å²) in [6.45, 7) is 1.09. The first-order valence-electron chi connectivity index (χ1n) is 9.59. The van der Waals surface area contributed by atoms with Gasteiger partial charge in [-0.05, 0) is 35.8 Å². The lowest BCUT2D eigenvalue weighted by Gasteiger charge is -2.25. The summed E-state index contributed by atoms with van der Waals surface area (Å²) in [5.74, 6) is -2.16. The molecule has 3 rings (SSSR count). The number of esters is 2. The average Bonchev–Trinajstić information content (AvgIpc) is 3.06. The molecule has 1 aliphatic rings. The molecular formula is C23H22ClFO5. The fourth-order valence-corrected chi connectivity index (χ4v) is 3.49. The van der Waals surface area contributed by atoms with Crippen LogP contribution in [0, 0.1) is 5.82 Å². The van der Waals surface area contributed by atoms with E-state index in [9.17, 15) is 19.1 Å². The predicted molar refractivity (Wildman–Crippen MR) is 110 cm³/mol. The van der Waals surface area contributed by atoms with Crippen LogP contribution in [0.1, 0.15) is 36.8 Å². The van der Waals surface area contributed by atoms with Gasteiger partial charge in [0.05, 0.1) is 17.5 Å². The Morgan fingerprint density at radius 1 is 1.33 bits per heavy atom. The van der Waals surface area contributed by atoms with Crippen LogP contribution in [0.2, 0.25) is 5.02 Å². The van der Waals surface area contributed by atoms with Crippen molar-refractivity contribution < 1.29 is 28.6 Å². The molecule has 0 radical (unpaired) electrons. The maximum atomic E-state index is 13.7. The second-order valence-corrected chi connectivity index (χ2v) is 7.64. The highest BCUT2D eigenvalue weighted by Gasteiger charge is 2.45. The zero-order valence-corrected chi connectivity index (χ0v) is 17.2. The van der Waals surface area contributed by atoms with Crippen molar-refractivity contribution >= 4 is 29.6 Å². The fraction of sp³-hybridized carbons (Fsp3) is 0.304. The second kappa shape index (κ2) is 9.41. The monoisotopic (exact) mass is 432 g/mol. The molecule has 2 aromatic carbocycles. The summed E-state index contributed by atoms with van der Waals surface area (Å²) in [4.78, 5) is 24.9. The smallest absolute Gasteiger partial charge is 0.334 e. The van der Waals surface area contributed by atoms with Crippen molar-refractivity contribution in [3.8, 4) is 0 Å². The minimum absolute atomic E-state index is 0.0216. The van der Waals surface area contributed by atoms with Crippen molar-refractivity contribution in [3.05, 3.63) is 76.1 Å². The Hall–Kier alpha value is -2.70. The van der Waals surface area contributed by atoms with Gasteiger partial charge in [0.1, 0.15) is 12.4 Å². The minimum Gasteiger partial charge on any atom is -0.461 e. The third-order valence-electron chi connectivity index (χ3n) is 5.03. The molecule has 0 saturated carbocycles. The highest BCUT2D eigenvalue weighted by molar-refractivity contribution is 6.30. The van der Waals surface area contributed by atoms with Gasteiger partial charge >= 0.3 is 11.9 Å². The molecule has 0 bridgehead atoms. The molecule has 158 valence electrons. The van der Waals surface area contributed by atoms with Crippen LogP contribution in [-0.2, 0) is 19.1 Å². The number of carbonyl (C=O) groups excluding carboxylic acids is 2. The van der Waals surface area contributed by atoms with E-state index in [4.69, 9.17) is 21.1 Å². The highest BCUT2D eigenvalue weighted by atomic mass is 35.5. The van der Waals surface area contributed by atoms with Crippen LogP contribution in [0.4, 0.5) is 4.39 Å². The van der Waals surface area contributed by atoms with Crippen LogP contribution in [0.15, 0.2) is 54.1 Å². The lowest BCUT2D eigenvalue weighted by molar-refractivity contribution is -0.167. The van der Waals surface area contributed by atoms with E-state index in [2.05, 4.69) is 0 Å². The summed E-state index contributed by atoms with van der Waals surface area (Å²) in [7, 11) is 0. The van der Waals surface area contributed by atoms with Gasteiger partial charge in [0.25, 0.3) is 0 Å². The van der Waals surface area contributed by atoms with Crippen LogP contribution >= 0.6 is 11.6 Å². The first-order valence-corrected chi connectivity index (χ1v) is 9.96. The standard InChI is InChI=1S/C23H22ClFO5/c1-2-18(16-6-4-3-5-7-16)22(28)29-14-23(13-26)12-17(21(27)30-23)10-15-8-9-19(24)20(25)11-15/h3-11,18,26H,2,12-14H2,1H3/b17-10+. The Morgan fingerprint density at radius 2 is 2.07 bits per heavy atom. The van der Waals surface area contributed by atoms with E-state index < -0.39 is 35.9 Å². The third kappa shape index (κ3) is 4.89. The molecular weight excluding hydrogens is 411 g/mol. The number of cyclic esters (lactones) is 1. The molecule has 2 aromatic rings. The Labute approximate surface area is 179 Å². The Kier molecular flexibility index (Phi) is 6.90. The quantitative estimate of drug-likeness (QED) is 0.522. The molecule has 0 spiro atoms. The number of aliphatic hydroxyl groups excluding tert-OH is 1. The van der Waals surface area contributed by atoms with E-state index in [1.807, 2.05) is 37.3 Å². The van der Waals surface area contributed by atoms with Gasteiger partial charge in [-0.3, -0.25) is 4.79 Å². The lowest BCUT2D eigenvalue weighted by atomic mass is 9.96. The van der Waals surface area contributed by atoms with Gasteiger partial charge in [-0.25, -0.2) is 9.18 Å². The fourth-order valence-electron chi connectivity index (χ4n) is 3.37. The molecule has 1 saturated heterocycles. The van der Waals surface area contributed by atoms with Crippen molar-refractivity contribution in [3.63, 3.8) is 0 Å². The molecule has 30 heavy (non-hydrogen) atoms. The zero-order chi connectivity index (χ0) is 21.7. The maximum Gasteiger partial charge on any atom is 0.334 e. The number of ether oxygens (including phenoxy) is 2. The molecule has 1 fully saturated rings.